The maximum atomic E-state index is 11.0. The number of phenolic OH excluding ortho intramolecular Hbond substituents is 1. The highest BCUT2D eigenvalue weighted by atomic mass is 32.1. The summed E-state index contributed by atoms with van der Waals surface area (Å²) in [6, 6.07) is 3.93. The van der Waals surface area contributed by atoms with E-state index in [9.17, 15) is 9.90 Å². The summed E-state index contributed by atoms with van der Waals surface area (Å²) >= 11 is 1.17. The van der Waals surface area contributed by atoms with Crippen LogP contribution in [0, 0.1) is 13.8 Å². The molecule has 2 aromatic rings. The second-order valence-electron chi connectivity index (χ2n) is 4.36. The van der Waals surface area contributed by atoms with Crippen LogP contribution in [0.2, 0.25) is 0 Å². The number of phenols is 1. The Hall–Kier alpha value is -1.59. The average molecular weight is 264 g/mol. The molecule has 0 aliphatic rings. The zero-order chi connectivity index (χ0) is 13.1. The smallest absolute Gasteiger partial charge is 0.304 e. The number of aromatic hydroxyl groups is 1. The van der Waals surface area contributed by atoms with Crippen molar-refractivity contribution in [2.45, 2.75) is 26.9 Å². The number of rotatable bonds is 4. The van der Waals surface area contributed by atoms with Crippen molar-refractivity contribution in [3.63, 3.8) is 0 Å². The molecule has 0 fully saturated rings. The molecule has 18 heavy (non-hydrogen) atoms. The van der Waals surface area contributed by atoms with E-state index < -0.39 is 0 Å². The largest absolute Gasteiger partial charge is 0.507 e. The predicted octanol–water partition coefficient (Wildman–Crippen LogP) is 2.05. The lowest BCUT2D eigenvalue weighted by molar-refractivity contribution is 0.466. The first-order chi connectivity index (χ1) is 8.56. The first kappa shape index (κ1) is 12.9. The summed E-state index contributed by atoms with van der Waals surface area (Å²) in [4.78, 5) is 13.7. The van der Waals surface area contributed by atoms with Crippen LogP contribution in [-0.4, -0.2) is 10.1 Å². The Morgan fingerprint density at radius 1 is 1.28 bits per heavy atom. The minimum absolute atomic E-state index is 0.0249. The summed E-state index contributed by atoms with van der Waals surface area (Å²) in [5, 5.41) is 14.8. The SMILES string of the molecule is Cc1cc(CNCc2csc(=O)[nH]2)cc(C)c1O. The van der Waals surface area contributed by atoms with Crippen LogP contribution < -0.4 is 10.2 Å². The van der Waals surface area contributed by atoms with Crippen molar-refractivity contribution in [2.75, 3.05) is 0 Å². The molecule has 1 heterocycles. The minimum Gasteiger partial charge on any atom is -0.507 e. The molecule has 0 radical (unpaired) electrons. The first-order valence-corrected chi connectivity index (χ1v) is 6.60. The van der Waals surface area contributed by atoms with Gasteiger partial charge < -0.3 is 15.4 Å². The van der Waals surface area contributed by atoms with E-state index in [1.54, 1.807) is 0 Å². The number of aromatic nitrogens is 1. The third-order valence-corrected chi connectivity index (χ3v) is 3.48. The average Bonchev–Trinajstić information content (AvgIpc) is 2.72. The van der Waals surface area contributed by atoms with Crippen LogP contribution in [-0.2, 0) is 13.1 Å². The van der Waals surface area contributed by atoms with Gasteiger partial charge >= 0.3 is 4.87 Å². The molecule has 0 bridgehead atoms. The lowest BCUT2D eigenvalue weighted by atomic mass is 10.1. The van der Waals surface area contributed by atoms with Gasteiger partial charge in [-0.2, -0.15) is 0 Å². The molecule has 0 aliphatic carbocycles. The lowest BCUT2D eigenvalue weighted by Crippen LogP contribution is -2.14. The third-order valence-electron chi connectivity index (χ3n) is 2.77. The Balaban J connectivity index is 1.96. The van der Waals surface area contributed by atoms with Crippen LogP contribution in [0.1, 0.15) is 22.4 Å². The second kappa shape index (κ2) is 5.37. The zero-order valence-electron chi connectivity index (χ0n) is 10.4. The molecule has 1 aromatic heterocycles. The minimum atomic E-state index is -0.0249. The fourth-order valence-electron chi connectivity index (χ4n) is 1.89. The number of benzene rings is 1. The molecule has 0 aliphatic heterocycles. The molecule has 0 spiro atoms. The molecule has 2 rings (SSSR count). The van der Waals surface area contributed by atoms with Gasteiger partial charge in [-0.25, -0.2) is 0 Å². The molecule has 0 saturated carbocycles. The van der Waals surface area contributed by atoms with Crippen LogP contribution >= 0.6 is 11.3 Å². The fraction of sp³-hybridized carbons (Fsp3) is 0.308. The van der Waals surface area contributed by atoms with Crippen LogP contribution in [0.3, 0.4) is 0 Å². The van der Waals surface area contributed by atoms with Crippen LogP contribution in [0.15, 0.2) is 22.3 Å². The lowest BCUT2D eigenvalue weighted by Gasteiger charge is -2.08. The number of aromatic amines is 1. The van der Waals surface area contributed by atoms with Gasteiger partial charge in [-0.1, -0.05) is 23.5 Å². The van der Waals surface area contributed by atoms with E-state index in [1.165, 1.54) is 11.3 Å². The van der Waals surface area contributed by atoms with E-state index in [2.05, 4.69) is 10.3 Å². The molecular weight excluding hydrogens is 248 g/mol. The van der Waals surface area contributed by atoms with Crippen molar-refractivity contribution in [2.24, 2.45) is 0 Å². The molecule has 0 amide bonds. The summed E-state index contributed by atoms with van der Waals surface area (Å²) in [5.41, 5.74) is 3.80. The number of thiazole rings is 1. The number of hydrogen-bond acceptors (Lipinski definition) is 4. The molecule has 0 saturated heterocycles. The molecule has 96 valence electrons. The van der Waals surface area contributed by atoms with E-state index in [-0.39, 0.29) is 4.87 Å². The van der Waals surface area contributed by atoms with Crippen LogP contribution in [0.25, 0.3) is 0 Å². The van der Waals surface area contributed by atoms with Gasteiger partial charge in [0.05, 0.1) is 0 Å². The van der Waals surface area contributed by atoms with Gasteiger partial charge in [0.15, 0.2) is 0 Å². The van der Waals surface area contributed by atoms with Crippen molar-refractivity contribution in [3.05, 3.63) is 49.6 Å². The maximum absolute atomic E-state index is 11.0. The Morgan fingerprint density at radius 3 is 2.50 bits per heavy atom. The van der Waals surface area contributed by atoms with E-state index in [0.717, 1.165) is 22.4 Å². The Labute approximate surface area is 109 Å². The van der Waals surface area contributed by atoms with Crippen LogP contribution in [0.4, 0.5) is 0 Å². The van der Waals surface area contributed by atoms with Crippen molar-refractivity contribution >= 4 is 11.3 Å². The van der Waals surface area contributed by atoms with Crippen LogP contribution in [0.5, 0.6) is 5.75 Å². The molecule has 0 unspecified atom stereocenters. The van der Waals surface area contributed by atoms with Gasteiger partial charge in [0, 0.05) is 24.2 Å². The number of aryl methyl sites for hydroxylation is 2. The van der Waals surface area contributed by atoms with Gasteiger partial charge in [0.25, 0.3) is 0 Å². The highest BCUT2D eigenvalue weighted by Gasteiger charge is 2.03. The van der Waals surface area contributed by atoms with E-state index in [0.29, 0.717) is 18.8 Å². The van der Waals surface area contributed by atoms with Crippen molar-refractivity contribution in [1.29, 1.82) is 0 Å². The second-order valence-corrected chi connectivity index (χ2v) is 5.20. The number of hydrogen-bond donors (Lipinski definition) is 3. The zero-order valence-corrected chi connectivity index (χ0v) is 11.2. The van der Waals surface area contributed by atoms with E-state index in [1.807, 2.05) is 31.4 Å². The number of nitrogens with one attached hydrogen (secondary N) is 2. The van der Waals surface area contributed by atoms with Crippen molar-refractivity contribution in [3.8, 4) is 5.75 Å². The summed E-state index contributed by atoms with van der Waals surface area (Å²) in [6.07, 6.45) is 0. The molecule has 1 aromatic carbocycles. The summed E-state index contributed by atoms with van der Waals surface area (Å²) in [5.74, 6) is 0.362. The molecule has 3 N–H and O–H groups in total. The number of H-pyrrole nitrogens is 1. The predicted molar refractivity (Wildman–Crippen MR) is 73.1 cm³/mol. The monoisotopic (exact) mass is 264 g/mol. The summed E-state index contributed by atoms with van der Waals surface area (Å²) in [7, 11) is 0. The Bertz CT molecular complexity index is 578. The fourth-order valence-corrected chi connectivity index (χ4v) is 2.47. The molecule has 0 atom stereocenters. The highest BCUT2D eigenvalue weighted by molar-refractivity contribution is 7.07. The quantitative estimate of drug-likeness (QED) is 0.792. The Kier molecular flexibility index (Phi) is 3.84. The first-order valence-electron chi connectivity index (χ1n) is 5.73. The van der Waals surface area contributed by atoms with Gasteiger partial charge in [-0.3, -0.25) is 4.79 Å². The van der Waals surface area contributed by atoms with Gasteiger partial charge in [-0.15, -0.1) is 0 Å². The maximum Gasteiger partial charge on any atom is 0.304 e. The van der Waals surface area contributed by atoms with Crippen molar-refractivity contribution < 1.29 is 5.11 Å². The molecule has 5 heteroatoms. The normalized spacial score (nSPS) is 10.8. The summed E-state index contributed by atoms with van der Waals surface area (Å²) in [6.45, 7) is 5.13. The summed E-state index contributed by atoms with van der Waals surface area (Å²) < 4.78 is 0. The van der Waals surface area contributed by atoms with Gasteiger partial charge in [0.2, 0.25) is 0 Å². The standard InChI is InChI=1S/C13H16N2O2S/c1-8-3-10(4-9(2)12(8)16)5-14-6-11-7-18-13(17)15-11/h3-4,7,14,16H,5-6H2,1-2H3,(H,15,17). The molecular formula is C13H16N2O2S. The Morgan fingerprint density at radius 2 is 1.94 bits per heavy atom. The van der Waals surface area contributed by atoms with Crippen molar-refractivity contribution in [1.82, 2.24) is 10.3 Å². The highest BCUT2D eigenvalue weighted by Crippen LogP contribution is 2.22. The topological polar surface area (TPSA) is 65.1 Å². The van der Waals surface area contributed by atoms with Gasteiger partial charge in [-0.05, 0) is 30.5 Å². The van der Waals surface area contributed by atoms with Gasteiger partial charge in [0.1, 0.15) is 5.75 Å². The molecule has 4 nitrogen and oxygen atoms in total. The van der Waals surface area contributed by atoms with E-state index in [4.69, 9.17) is 0 Å². The van der Waals surface area contributed by atoms with E-state index >= 15 is 0 Å². The third kappa shape index (κ3) is 3.00.